The first-order chi connectivity index (χ1) is 10.3. The van der Waals surface area contributed by atoms with E-state index >= 15 is 0 Å². The molecule has 1 saturated carbocycles. The molecule has 2 atom stereocenters. The van der Waals surface area contributed by atoms with Crippen LogP contribution in [0.2, 0.25) is 0 Å². The fourth-order valence-corrected chi connectivity index (χ4v) is 3.84. The van der Waals surface area contributed by atoms with Crippen LogP contribution < -0.4 is 4.72 Å². The molecular formula is C16H27N3O2S. The van der Waals surface area contributed by atoms with Crippen LogP contribution in [0.4, 0.5) is 0 Å². The molecule has 1 aliphatic carbocycles. The van der Waals surface area contributed by atoms with E-state index in [2.05, 4.69) is 4.72 Å². The van der Waals surface area contributed by atoms with Crippen molar-refractivity contribution in [1.29, 1.82) is 0 Å². The van der Waals surface area contributed by atoms with Gasteiger partial charge in [0.25, 0.3) is 10.2 Å². The summed E-state index contributed by atoms with van der Waals surface area (Å²) in [6.45, 7) is 2.35. The van der Waals surface area contributed by atoms with Gasteiger partial charge in [-0.1, -0.05) is 30.3 Å². The van der Waals surface area contributed by atoms with E-state index in [4.69, 9.17) is 0 Å². The SMILES string of the molecule is CC(C1CC1)N(C)S(=O)(=O)NCC(c1ccccc1)N(C)C. The molecule has 1 aliphatic rings. The Morgan fingerprint density at radius 2 is 1.77 bits per heavy atom. The van der Waals surface area contributed by atoms with Crippen LogP contribution in [0.25, 0.3) is 0 Å². The molecule has 1 aromatic carbocycles. The maximum atomic E-state index is 12.5. The quantitative estimate of drug-likeness (QED) is 0.794. The van der Waals surface area contributed by atoms with E-state index in [1.54, 1.807) is 7.05 Å². The smallest absolute Gasteiger partial charge is 0.279 e. The molecule has 0 aromatic heterocycles. The highest BCUT2D eigenvalue weighted by molar-refractivity contribution is 7.87. The van der Waals surface area contributed by atoms with Gasteiger partial charge >= 0.3 is 0 Å². The molecular weight excluding hydrogens is 298 g/mol. The topological polar surface area (TPSA) is 52.7 Å². The van der Waals surface area contributed by atoms with Crippen molar-refractivity contribution in [2.75, 3.05) is 27.7 Å². The van der Waals surface area contributed by atoms with E-state index < -0.39 is 10.2 Å². The number of nitrogens with one attached hydrogen (secondary N) is 1. The third kappa shape index (κ3) is 4.29. The highest BCUT2D eigenvalue weighted by Gasteiger charge is 2.35. The highest BCUT2D eigenvalue weighted by atomic mass is 32.2. The Morgan fingerprint density at radius 1 is 1.18 bits per heavy atom. The van der Waals surface area contributed by atoms with Crippen LogP contribution >= 0.6 is 0 Å². The Hall–Kier alpha value is -0.950. The number of hydrogen-bond acceptors (Lipinski definition) is 3. The second-order valence-corrected chi connectivity index (χ2v) is 8.15. The normalized spacial score (nSPS) is 18.6. The number of likely N-dealkylation sites (N-methyl/N-ethyl adjacent to an activating group) is 1. The van der Waals surface area contributed by atoms with Gasteiger partial charge in [0.1, 0.15) is 0 Å². The third-order valence-electron chi connectivity index (χ3n) is 4.52. The Kier molecular flexibility index (Phi) is 5.60. The molecule has 22 heavy (non-hydrogen) atoms. The van der Waals surface area contributed by atoms with Crippen LogP contribution in [-0.2, 0) is 10.2 Å². The molecule has 0 aliphatic heterocycles. The standard InChI is InChI=1S/C16H27N3O2S/c1-13(14-10-11-14)19(4)22(20,21)17-12-16(18(2)3)15-8-6-5-7-9-15/h5-9,13-14,16-17H,10-12H2,1-4H3. The fourth-order valence-electron chi connectivity index (χ4n) is 2.65. The van der Waals surface area contributed by atoms with Gasteiger partial charge in [0.2, 0.25) is 0 Å². The Morgan fingerprint density at radius 3 is 2.27 bits per heavy atom. The molecule has 2 unspecified atom stereocenters. The lowest BCUT2D eigenvalue weighted by Crippen LogP contribution is -2.46. The van der Waals surface area contributed by atoms with Gasteiger partial charge in [-0.2, -0.15) is 12.7 Å². The molecule has 1 N–H and O–H groups in total. The van der Waals surface area contributed by atoms with Gasteiger partial charge < -0.3 is 4.90 Å². The Bertz CT molecular complexity index is 570. The summed E-state index contributed by atoms with van der Waals surface area (Å²) in [6.07, 6.45) is 2.26. The minimum Gasteiger partial charge on any atom is -0.301 e. The summed E-state index contributed by atoms with van der Waals surface area (Å²) < 4.78 is 29.2. The highest BCUT2D eigenvalue weighted by Crippen LogP contribution is 2.35. The lowest BCUT2D eigenvalue weighted by Gasteiger charge is -2.28. The monoisotopic (exact) mass is 325 g/mol. The van der Waals surface area contributed by atoms with E-state index in [0.29, 0.717) is 12.5 Å². The zero-order chi connectivity index (χ0) is 16.3. The molecule has 124 valence electrons. The average molecular weight is 325 g/mol. The molecule has 5 nitrogen and oxygen atoms in total. The van der Waals surface area contributed by atoms with Gasteiger partial charge in [-0.05, 0) is 45.3 Å². The molecule has 0 amide bonds. The van der Waals surface area contributed by atoms with E-state index in [1.165, 1.54) is 4.31 Å². The molecule has 0 spiro atoms. The van der Waals surface area contributed by atoms with Crippen molar-refractivity contribution in [3.63, 3.8) is 0 Å². The molecule has 1 fully saturated rings. The van der Waals surface area contributed by atoms with Crippen LogP contribution in [0, 0.1) is 5.92 Å². The first-order valence-electron chi connectivity index (χ1n) is 7.77. The lowest BCUT2D eigenvalue weighted by molar-refractivity contribution is 0.294. The van der Waals surface area contributed by atoms with E-state index in [9.17, 15) is 8.42 Å². The van der Waals surface area contributed by atoms with Crippen molar-refractivity contribution in [2.45, 2.75) is 31.8 Å². The molecule has 6 heteroatoms. The Balaban J connectivity index is 2.02. The third-order valence-corrected chi connectivity index (χ3v) is 6.15. The first-order valence-corrected chi connectivity index (χ1v) is 9.21. The zero-order valence-electron chi connectivity index (χ0n) is 13.9. The Labute approximate surface area is 134 Å². The number of nitrogens with zero attached hydrogens (tertiary/aromatic N) is 2. The summed E-state index contributed by atoms with van der Waals surface area (Å²) in [6, 6.07) is 10.0. The van der Waals surface area contributed by atoms with Crippen molar-refractivity contribution in [2.24, 2.45) is 5.92 Å². The van der Waals surface area contributed by atoms with Gasteiger partial charge in [-0.3, -0.25) is 0 Å². The summed E-state index contributed by atoms with van der Waals surface area (Å²) in [4.78, 5) is 2.03. The molecule has 2 rings (SSSR count). The molecule has 1 aromatic rings. The van der Waals surface area contributed by atoms with Gasteiger partial charge in [-0.25, -0.2) is 4.72 Å². The van der Waals surface area contributed by atoms with Crippen molar-refractivity contribution in [1.82, 2.24) is 13.9 Å². The van der Waals surface area contributed by atoms with Crippen molar-refractivity contribution in [3.8, 4) is 0 Å². The van der Waals surface area contributed by atoms with Crippen molar-refractivity contribution in [3.05, 3.63) is 35.9 Å². The van der Waals surface area contributed by atoms with Crippen LogP contribution in [0.1, 0.15) is 31.4 Å². The van der Waals surface area contributed by atoms with Crippen molar-refractivity contribution >= 4 is 10.2 Å². The summed E-state index contributed by atoms with van der Waals surface area (Å²) in [5, 5.41) is 0. The van der Waals surface area contributed by atoms with Gasteiger partial charge in [-0.15, -0.1) is 0 Å². The molecule has 0 radical (unpaired) electrons. The maximum absolute atomic E-state index is 12.5. The van der Waals surface area contributed by atoms with Crippen LogP contribution in [-0.4, -0.2) is 51.4 Å². The van der Waals surface area contributed by atoms with Gasteiger partial charge in [0, 0.05) is 25.7 Å². The summed E-state index contributed by atoms with van der Waals surface area (Å²) >= 11 is 0. The van der Waals surface area contributed by atoms with Gasteiger partial charge in [0.05, 0.1) is 0 Å². The predicted octanol–water partition coefficient (Wildman–Crippen LogP) is 1.85. The minimum atomic E-state index is -3.44. The second-order valence-electron chi connectivity index (χ2n) is 6.34. The van der Waals surface area contributed by atoms with Crippen molar-refractivity contribution < 1.29 is 8.42 Å². The van der Waals surface area contributed by atoms with E-state index in [-0.39, 0.29) is 12.1 Å². The van der Waals surface area contributed by atoms with Crippen LogP contribution in [0.3, 0.4) is 0 Å². The fraction of sp³-hybridized carbons (Fsp3) is 0.625. The van der Waals surface area contributed by atoms with E-state index in [0.717, 1.165) is 18.4 Å². The molecule has 0 saturated heterocycles. The second kappa shape index (κ2) is 7.08. The molecule has 0 bridgehead atoms. The predicted molar refractivity (Wildman–Crippen MR) is 89.7 cm³/mol. The van der Waals surface area contributed by atoms with E-state index in [1.807, 2.05) is 56.3 Å². The largest absolute Gasteiger partial charge is 0.301 e. The molecule has 0 heterocycles. The van der Waals surface area contributed by atoms with Crippen LogP contribution in [0.15, 0.2) is 30.3 Å². The minimum absolute atomic E-state index is 0.0145. The average Bonchev–Trinajstić information content (AvgIpc) is 3.31. The number of hydrogen-bond donors (Lipinski definition) is 1. The summed E-state index contributed by atoms with van der Waals surface area (Å²) in [5.41, 5.74) is 1.10. The van der Waals surface area contributed by atoms with Crippen LogP contribution in [0.5, 0.6) is 0 Å². The maximum Gasteiger partial charge on any atom is 0.279 e. The lowest BCUT2D eigenvalue weighted by atomic mass is 10.1. The number of benzene rings is 1. The summed E-state index contributed by atoms with van der Waals surface area (Å²) in [7, 11) is 2.14. The summed E-state index contributed by atoms with van der Waals surface area (Å²) in [5.74, 6) is 0.514. The van der Waals surface area contributed by atoms with Gasteiger partial charge in [0.15, 0.2) is 0 Å². The number of rotatable bonds is 8. The first kappa shape index (κ1) is 17.4. The zero-order valence-corrected chi connectivity index (χ0v) is 14.7.